The Morgan fingerprint density at radius 1 is 1.27 bits per heavy atom. The van der Waals surface area contributed by atoms with Gasteiger partial charge in [0.25, 0.3) is 0 Å². The van der Waals surface area contributed by atoms with Crippen molar-refractivity contribution in [1.82, 2.24) is 19.9 Å². The molecule has 2 aromatic rings. The van der Waals surface area contributed by atoms with E-state index in [1.54, 1.807) is 11.1 Å². The van der Waals surface area contributed by atoms with E-state index in [-0.39, 0.29) is 11.8 Å². The zero-order valence-electron chi connectivity index (χ0n) is 17.0. The second-order valence-corrected chi connectivity index (χ2v) is 8.22. The van der Waals surface area contributed by atoms with Gasteiger partial charge >= 0.3 is 0 Å². The maximum Gasteiger partial charge on any atom is 0.228 e. The lowest BCUT2D eigenvalue weighted by molar-refractivity contribution is -0.143. The Morgan fingerprint density at radius 2 is 2.03 bits per heavy atom. The van der Waals surface area contributed by atoms with Crippen molar-refractivity contribution in [3.05, 3.63) is 41.7 Å². The molecule has 2 aliphatic heterocycles. The molecule has 0 saturated carbocycles. The number of hydrogen-bond donors (Lipinski definition) is 0. The zero-order valence-corrected chi connectivity index (χ0v) is 17.0. The number of fused-ring (bicyclic) bond motifs is 1. The number of halogens is 1. The van der Waals surface area contributed by atoms with E-state index in [2.05, 4.69) is 21.0 Å². The number of rotatable bonds is 3. The average Bonchev–Trinajstić information content (AvgIpc) is 3.15. The van der Waals surface area contributed by atoms with Gasteiger partial charge in [0.2, 0.25) is 11.9 Å². The van der Waals surface area contributed by atoms with E-state index < -0.39 is 11.2 Å². The number of ether oxygens (including phenoxy) is 1. The number of carbonyl (C=O) groups is 1. The Labute approximate surface area is 174 Å². The average molecular weight is 410 g/mol. The molecule has 0 radical (unpaired) electrons. The highest BCUT2D eigenvalue weighted by atomic mass is 19.1. The smallest absolute Gasteiger partial charge is 0.228 e. The monoisotopic (exact) mass is 410 g/mol. The highest BCUT2D eigenvalue weighted by Gasteiger charge is 2.43. The Bertz CT molecular complexity index is 988. The summed E-state index contributed by atoms with van der Waals surface area (Å²) in [6, 6.07) is 2.09. The summed E-state index contributed by atoms with van der Waals surface area (Å²) < 4.78 is 18.9. The Balaban J connectivity index is 1.49. The lowest BCUT2D eigenvalue weighted by atomic mass is 9.77. The van der Waals surface area contributed by atoms with Crippen LogP contribution in [-0.4, -0.2) is 52.0 Å². The van der Waals surface area contributed by atoms with Crippen molar-refractivity contribution >= 4 is 11.9 Å². The summed E-state index contributed by atoms with van der Waals surface area (Å²) in [6.45, 7) is 6.40. The van der Waals surface area contributed by atoms with Gasteiger partial charge in [0.1, 0.15) is 24.0 Å². The third-order valence-electron chi connectivity index (χ3n) is 6.00. The van der Waals surface area contributed by atoms with Gasteiger partial charge in [-0.3, -0.25) is 9.78 Å². The van der Waals surface area contributed by atoms with Crippen molar-refractivity contribution in [2.75, 3.05) is 31.1 Å². The van der Waals surface area contributed by atoms with Gasteiger partial charge in [-0.1, -0.05) is 13.8 Å². The molecule has 9 heteroatoms. The Hall–Kier alpha value is -3.28. The normalized spacial score (nSPS) is 18.9. The van der Waals surface area contributed by atoms with E-state index >= 15 is 0 Å². The third-order valence-corrected chi connectivity index (χ3v) is 6.00. The van der Waals surface area contributed by atoms with E-state index in [4.69, 9.17) is 4.74 Å². The van der Waals surface area contributed by atoms with Crippen molar-refractivity contribution in [3.8, 4) is 11.8 Å². The molecule has 8 nitrogen and oxygen atoms in total. The highest BCUT2D eigenvalue weighted by Crippen LogP contribution is 2.38. The maximum atomic E-state index is 13.5. The molecule has 0 bridgehead atoms. The van der Waals surface area contributed by atoms with Crippen LogP contribution < -0.4 is 9.64 Å². The lowest BCUT2D eigenvalue weighted by Gasteiger charge is -2.35. The van der Waals surface area contributed by atoms with Gasteiger partial charge in [-0.25, -0.2) is 14.4 Å². The molecule has 4 heterocycles. The number of nitrogens with zero attached hydrogens (tertiary/aromatic N) is 6. The van der Waals surface area contributed by atoms with Gasteiger partial charge in [0.15, 0.2) is 5.82 Å². The molecule has 30 heavy (non-hydrogen) atoms. The van der Waals surface area contributed by atoms with Gasteiger partial charge in [0, 0.05) is 36.5 Å². The molecule has 0 N–H and O–H groups in total. The van der Waals surface area contributed by atoms with E-state index in [0.29, 0.717) is 50.0 Å². The van der Waals surface area contributed by atoms with Crippen LogP contribution in [0.15, 0.2) is 24.8 Å². The molecule has 0 spiro atoms. The number of pyridine rings is 1. The molecule has 2 aromatic heterocycles. The first-order valence-corrected chi connectivity index (χ1v) is 9.92. The second-order valence-electron chi connectivity index (χ2n) is 8.22. The minimum absolute atomic E-state index is 0.0354. The zero-order chi connectivity index (χ0) is 21.3. The van der Waals surface area contributed by atoms with Crippen LogP contribution in [0.2, 0.25) is 0 Å². The minimum Gasteiger partial charge on any atom is -0.490 e. The number of hydrogen-bond acceptors (Lipinski definition) is 7. The fraction of sp³-hybridized carbons (Fsp3) is 0.476. The van der Waals surface area contributed by atoms with Gasteiger partial charge in [0.05, 0.1) is 25.5 Å². The predicted molar refractivity (Wildman–Crippen MR) is 106 cm³/mol. The fourth-order valence-electron chi connectivity index (χ4n) is 4.15. The molecule has 156 valence electrons. The summed E-state index contributed by atoms with van der Waals surface area (Å²) in [5, 5.41) is 9.28. The lowest BCUT2D eigenvalue weighted by Crippen LogP contribution is -2.46. The summed E-state index contributed by atoms with van der Waals surface area (Å²) in [5.41, 5.74) is 0.509. The van der Waals surface area contributed by atoms with E-state index in [9.17, 15) is 14.4 Å². The van der Waals surface area contributed by atoms with Crippen LogP contribution >= 0.6 is 0 Å². The van der Waals surface area contributed by atoms with Crippen molar-refractivity contribution in [2.45, 2.75) is 26.8 Å². The molecule has 1 fully saturated rings. The van der Waals surface area contributed by atoms with E-state index in [1.165, 1.54) is 6.20 Å². The van der Waals surface area contributed by atoms with Gasteiger partial charge in [-0.15, -0.1) is 0 Å². The van der Waals surface area contributed by atoms with Crippen molar-refractivity contribution in [2.24, 2.45) is 11.3 Å². The van der Waals surface area contributed by atoms with E-state index in [1.807, 2.05) is 18.7 Å². The van der Waals surface area contributed by atoms with Gasteiger partial charge < -0.3 is 14.5 Å². The van der Waals surface area contributed by atoms with Crippen LogP contribution in [0.25, 0.3) is 0 Å². The third kappa shape index (κ3) is 3.65. The van der Waals surface area contributed by atoms with Crippen LogP contribution in [0.4, 0.5) is 10.3 Å². The van der Waals surface area contributed by atoms with Gasteiger partial charge in [-0.2, -0.15) is 5.26 Å². The summed E-state index contributed by atoms with van der Waals surface area (Å²) in [7, 11) is 0. The molecule has 0 aromatic carbocycles. The van der Waals surface area contributed by atoms with Crippen LogP contribution in [0.5, 0.6) is 5.75 Å². The quantitative estimate of drug-likeness (QED) is 0.765. The van der Waals surface area contributed by atoms with Crippen LogP contribution in [0.3, 0.4) is 0 Å². The minimum atomic E-state index is -0.612. The SMILES string of the molecule is CC(C)(C(=O)N1CCOc2c(C#N)cncc2C1)[C@H]1CCN(c2ncc(F)cn2)C1. The van der Waals surface area contributed by atoms with E-state index in [0.717, 1.165) is 24.4 Å². The Morgan fingerprint density at radius 3 is 2.77 bits per heavy atom. The molecular weight excluding hydrogens is 387 g/mol. The summed E-state index contributed by atoms with van der Waals surface area (Å²) in [4.78, 5) is 29.5. The number of anilines is 1. The Kier molecular flexibility index (Phi) is 5.24. The largest absolute Gasteiger partial charge is 0.490 e. The van der Waals surface area contributed by atoms with Crippen molar-refractivity contribution in [1.29, 1.82) is 5.26 Å². The number of carbonyl (C=O) groups excluding carboxylic acids is 1. The summed E-state index contributed by atoms with van der Waals surface area (Å²) in [5.74, 6) is 0.664. The molecule has 1 saturated heterocycles. The van der Waals surface area contributed by atoms with Gasteiger partial charge in [-0.05, 0) is 12.3 Å². The number of nitriles is 1. The number of amides is 1. The topological polar surface area (TPSA) is 95.2 Å². The first-order chi connectivity index (χ1) is 14.4. The molecule has 4 rings (SSSR count). The first kappa shape index (κ1) is 20.0. The predicted octanol–water partition coefficient (Wildman–Crippen LogP) is 2.16. The van der Waals surface area contributed by atoms with Crippen molar-refractivity contribution < 1.29 is 13.9 Å². The van der Waals surface area contributed by atoms with Crippen LogP contribution in [0, 0.1) is 28.5 Å². The van der Waals surface area contributed by atoms with Crippen molar-refractivity contribution in [3.63, 3.8) is 0 Å². The molecular formula is C21H23FN6O2. The first-order valence-electron chi connectivity index (χ1n) is 9.92. The molecule has 0 unspecified atom stereocenters. The fourth-order valence-corrected chi connectivity index (χ4v) is 4.15. The summed E-state index contributed by atoms with van der Waals surface area (Å²) >= 11 is 0. The van der Waals surface area contributed by atoms with Crippen LogP contribution in [-0.2, 0) is 11.3 Å². The molecule has 0 aliphatic carbocycles. The molecule has 1 amide bonds. The molecule has 1 atom stereocenters. The molecule has 2 aliphatic rings. The second kappa shape index (κ2) is 7.86. The maximum absolute atomic E-state index is 13.5. The number of aromatic nitrogens is 3. The summed E-state index contributed by atoms with van der Waals surface area (Å²) in [6.07, 6.45) is 6.26. The highest BCUT2D eigenvalue weighted by molar-refractivity contribution is 5.82. The standard InChI is InChI=1S/C21H23FN6O2/c1-21(2,16-3-4-28(13-16)20-25-10-17(22)11-26-20)19(29)27-5-6-30-18-14(7-23)8-24-9-15(18)12-27/h8-11,16H,3-6,12-13H2,1-2H3/t16-/m0/s1. The van der Waals surface area contributed by atoms with Crippen LogP contribution in [0.1, 0.15) is 31.4 Å².